The molecule has 11 heteroatoms. The first-order valence-corrected chi connectivity index (χ1v) is 11.1. The Hall–Kier alpha value is -4.33. The van der Waals surface area contributed by atoms with E-state index in [4.69, 9.17) is 10.00 Å². The van der Waals surface area contributed by atoms with Crippen molar-refractivity contribution >= 4 is 17.5 Å². The van der Waals surface area contributed by atoms with Crippen LogP contribution in [0.25, 0.3) is 11.1 Å². The van der Waals surface area contributed by atoms with E-state index in [1.54, 1.807) is 24.3 Å². The molecule has 1 aromatic heterocycles. The van der Waals surface area contributed by atoms with Crippen LogP contribution in [0, 0.1) is 23.0 Å². The summed E-state index contributed by atoms with van der Waals surface area (Å²) in [6.07, 6.45) is 3.33. The number of benzene rings is 2. The molecule has 3 aromatic rings. The lowest BCUT2D eigenvalue weighted by atomic mass is 10.0. The van der Waals surface area contributed by atoms with Crippen molar-refractivity contribution in [2.45, 2.75) is 25.5 Å². The SMILES string of the molecule is N#CC=C1CCN(c2ccc(-c3ccc(N4C[C@H](Cn5cnnn5)OC4=O)cc3F)cc2F)CC1. The van der Waals surface area contributed by atoms with Gasteiger partial charge in [-0.15, -0.1) is 5.10 Å². The van der Waals surface area contributed by atoms with E-state index in [1.165, 1.54) is 34.1 Å². The lowest BCUT2D eigenvalue weighted by Crippen LogP contribution is -2.31. The summed E-state index contributed by atoms with van der Waals surface area (Å²) in [5, 5.41) is 19.6. The number of piperidine rings is 1. The first-order valence-electron chi connectivity index (χ1n) is 11.1. The van der Waals surface area contributed by atoms with Gasteiger partial charge in [0.05, 0.1) is 30.5 Å². The highest BCUT2D eigenvalue weighted by Crippen LogP contribution is 2.33. The third-order valence-corrected chi connectivity index (χ3v) is 6.19. The van der Waals surface area contributed by atoms with Gasteiger partial charge in [-0.25, -0.2) is 18.3 Å². The molecule has 0 unspecified atom stereocenters. The van der Waals surface area contributed by atoms with Crippen molar-refractivity contribution in [3.8, 4) is 17.2 Å². The van der Waals surface area contributed by atoms with Crippen molar-refractivity contribution in [2.24, 2.45) is 0 Å². The number of hydrogen-bond donors (Lipinski definition) is 0. The summed E-state index contributed by atoms with van der Waals surface area (Å²) < 4.78 is 36.8. The molecule has 2 aliphatic heterocycles. The molecule has 0 radical (unpaired) electrons. The van der Waals surface area contributed by atoms with Crippen molar-refractivity contribution in [3.05, 3.63) is 66.0 Å². The quantitative estimate of drug-likeness (QED) is 0.517. The molecule has 0 bridgehead atoms. The Bertz CT molecular complexity index is 1310. The van der Waals surface area contributed by atoms with Crippen LogP contribution in [-0.4, -0.2) is 52.0 Å². The van der Waals surface area contributed by atoms with E-state index in [1.807, 2.05) is 11.0 Å². The third-order valence-electron chi connectivity index (χ3n) is 6.19. The molecule has 35 heavy (non-hydrogen) atoms. The number of cyclic esters (lactones) is 1. The van der Waals surface area contributed by atoms with Gasteiger partial charge >= 0.3 is 6.09 Å². The van der Waals surface area contributed by atoms with E-state index in [0.29, 0.717) is 42.9 Å². The van der Waals surface area contributed by atoms with Crippen LogP contribution < -0.4 is 9.80 Å². The maximum Gasteiger partial charge on any atom is 0.414 e. The second kappa shape index (κ2) is 9.50. The van der Waals surface area contributed by atoms with Crippen molar-refractivity contribution in [1.29, 1.82) is 5.26 Å². The minimum Gasteiger partial charge on any atom is -0.442 e. The summed E-state index contributed by atoms with van der Waals surface area (Å²) in [4.78, 5) is 15.6. The number of ether oxygens (including phenoxy) is 1. The van der Waals surface area contributed by atoms with Crippen LogP contribution in [-0.2, 0) is 11.3 Å². The molecule has 1 atom stereocenters. The number of tetrazole rings is 1. The zero-order chi connectivity index (χ0) is 24.4. The highest BCUT2D eigenvalue weighted by Gasteiger charge is 2.33. The third kappa shape index (κ3) is 4.68. The van der Waals surface area contributed by atoms with Gasteiger partial charge in [0.15, 0.2) is 0 Å². The van der Waals surface area contributed by atoms with Crippen LogP contribution in [0.3, 0.4) is 0 Å². The molecule has 0 spiro atoms. The Balaban J connectivity index is 1.30. The summed E-state index contributed by atoms with van der Waals surface area (Å²) in [5.74, 6) is -1.01. The molecule has 1 amide bonds. The van der Waals surface area contributed by atoms with Gasteiger partial charge in [0.1, 0.15) is 24.1 Å². The number of rotatable bonds is 5. The van der Waals surface area contributed by atoms with Gasteiger partial charge in [-0.05, 0) is 59.2 Å². The van der Waals surface area contributed by atoms with Gasteiger partial charge < -0.3 is 9.64 Å². The van der Waals surface area contributed by atoms with E-state index in [-0.39, 0.29) is 18.7 Å². The molecule has 3 heterocycles. The summed E-state index contributed by atoms with van der Waals surface area (Å²) in [5.41, 5.74) is 2.50. The number of halogens is 2. The number of carbonyl (C=O) groups is 1. The number of carbonyl (C=O) groups excluding carboxylic acids is 1. The lowest BCUT2D eigenvalue weighted by Gasteiger charge is -2.30. The van der Waals surface area contributed by atoms with Gasteiger partial charge in [0, 0.05) is 24.7 Å². The normalized spacial score (nSPS) is 17.9. The summed E-state index contributed by atoms with van der Waals surface area (Å²) >= 11 is 0. The smallest absolute Gasteiger partial charge is 0.414 e. The van der Waals surface area contributed by atoms with E-state index in [2.05, 4.69) is 15.5 Å². The van der Waals surface area contributed by atoms with Gasteiger partial charge in [-0.2, -0.15) is 5.26 Å². The Labute approximate surface area is 199 Å². The molecule has 0 saturated carbocycles. The number of nitriles is 1. The van der Waals surface area contributed by atoms with E-state index in [9.17, 15) is 9.18 Å². The molecule has 2 aliphatic rings. The number of nitrogens with zero attached hydrogens (tertiary/aromatic N) is 7. The second-order valence-electron chi connectivity index (χ2n) is 8.40. The molecular formula is C24H21F2N7O2. The van der Waals surface area contributed by atoms with Gasteiger partial charge in [-0.3, -0.25) is 4.90 Å². The Kier molecular flexibility index (Phi) is 6.10. The predicted octanol–water partition coefficient (Wildman–Crippen LogP) is 3.69. The fraction of sp³-hybridized carbons (Fsp3) is 0.292. The minimum atomic E-state index is -0.583. The van der Waals surface area contributed by atoms with Gasteiger partial charge in [-0.1, -0.05) is 11.6 Å². The monoisotopic (exact) mass is 477 g/mol. The largest absolute Gasteiger partial charge is 0.442 e. The molecule has 0 aliphatic carbocycles. The molecule has 178 valence electrons. The molecule has 2 aromatic carbocycles. The first kappa shape index (κ1) is 22.5. The van der Waals surface area contributed by atoms with E-state index in [0.717, 1.165) is 5.57 Å². The van der Waals surface area contributed by atoms with Crippen LogP contribution in [0.4, 0.5) is 25.0 Å². The van der Waals surface area contributed by atoms with E-state index < -0.39 is 23.8 Å². The first-order chi connectivity index (χ1) is 17.0. The zero-order valence-electron chi connectivity index (χ0n) is 18.6. The predicted molar refractivity (Wildman–Crippen MR) is 122 cm³/mol. The van der Waals surface area contributed by atoms with Crippen molar-refractivity contribution in [2.75, 3.05) is 29.4 Å². The minimum absolute atomic E-state index is 0.224. The summed E-state index contributed by atoms with van der Waals surface area (Å²) in [6, 6.07) is 11.1. The van der Waals surface area contributed by atoms with Crippen molar-refractivity contribution in [3.63, 3.8) is 0 Å². The Morgan fingerprint density at radius 2 is 1.97 bits per heavy atom. The Morgan fingerprint density at radius 1 is 1.14 bits per heavy atom. The van der Waals surface area contributed by atoms with Crippen LogP contribution in [0.1, 0.15) is 12.8 Å². The lowest BCUT2D eigenvalue weighted by molar-refractivity contribution is 0.129. The molecule has 2 fully saturated rings. The average molecular weight is 477 g/mol. The van der Waals surface area contributed by atoms with Gasteiger partial charge in [0.2, 0.25) is 0 Å². The number of allylic oxidation sites excluding steroid dienone is 1. The van der Waals surface area contributed by atoms with Crippen molar-refractivity contribution in [1.82, 2.24) is 20.2 Å². The molecule has 9 nitrogen and oxygen atoms in total. The van der Waals surface area contributed by atoms with Crippen LogP contribution >= 0.6 is 0 Å². The molecular weight excluding hydrogens is 456 g/mol. The fourth-order valence-electron chi connectivity index (χ4n) is 4.41. The number of amides is 1. The highest BCUT2D eigenvalue weighted by atomic mass is 19.1. The maximum atomic E-state index is 15.0. The number of anilines is 2. The van der Waals surface area contributed by atoms with Crippen LogP contribution in [0.15, 0.2) is 54.4 Å². The number of hydrogen-bond acceptors (Lipinski definition) is 7. The number of aromatic nitrogens is 4. The second-order valence-corrected chi connectivity index (χ2v) is 8.40. The fourth-order valence-corrected chi connectivity index (χ4v) is 4.41. The van der Waals surface area contributed by atoms with Crippen LogP contribution in [0.5, 0.6) is 0 Å². The van der Waals surface area contributed by atoms with E-state index >= 15 is 4.39 Å². The van der Waals surface area contributed by atoms with Gasteiger partial charge in [0.25, 0.3) is 0 Å². The van der Waals surface area contributed by atoms with Crippen LogP contribution in [0.2, 0.25) is 0 Å². The average Bonchev–Trinajstić information content (AvgIpc) is 3.49. The van der Waals surface area contributed by atoms with Crippen molar-refractivity contribution < 1.29 is 18.3 Å². The molecule has 2 saturated heterocycles. The Morgan fingerprint density at radius 3 is 2.66 bits per heavy atom. The standard InChI is InChI=1S/C24H21F2N7O2/c25-21-12-18(33-14-19(35-24(33)34)13-32-15-28-29-30-32)2-3-20(21)17-1-4-23(22(26)11-17)31-9-6-16(5-8-27)7-10-31/h1-5,11-12,15,19H,6-7,9-10,13-14H2/t19-/m0/s1. The highest BCUT2D eigenvalue weighted by molar-refractivity contribution is 5.90. The molecule has 0 N–H and O–H groups in total. The molecule has 5 rings (SSSR count). The topological polar surface area (TPSA) is 100 Å². The maximum absolute atomic E-state index is 15.0. The zero-order valence-corrected chi connectivity index (χ0v) is 18.6. The summed E-state index contributed by atoms with van der Waals surface area (Å²) in [6.45, 7) is 1.75. The summed E-state index contributed by atoms with van der Waals surface area (Å²) in [7, 11) is 0.